The van der Waals surface area contributed by atoms with Crippen LogP contribution in [0, 0.1) is 26.7 Å². The van der Waals surface area contributed by atoms with Gasteiger partial charge in [-0.3, -0.25) is 0 Å². The van der Waals surface area contributed by atoms with Crippen LogP contribution in [0.3, 0.4) is 0 Å². The van der Waals surface area contributed by atoms with Crippen LogP contribution in [0.1, 0.15) is 36.0 Å². The van der Waals surface area contributed by atoms with Gasteiger partial charge in [0, 0.05) is 0 Å². The van der Waals surface area contributed by atoms with E-state index in [2.05, 4.69) is 9.71 Å². The van der Waals surface area contributed by atoms with Crippen LogP contribution in [-0.2, 0) is 24.4 Å². The second kappa shape index (κ2) is 12.5. The van der Waals surface area contributed by atoms with E-state index in [1.54, 1.807) is 31.7 Å². The SMILES string of the molecule is COc1cc(C)c(S(=O)(=O)/N=C(\N)N2CCC[C@@H](CC(NCB=O)C(=O)N(C)OC)C2)c(C)c1C. The maximum absolute atomic E-state index is 13.2. The molecule has 1 aromatic rings. The Hall–Kier alpha value is -2.51. The first-order valence-corrected chi connectivity index (χ1v) is 12.9. The molecule has 1 aromatic carbocycles. The van der Waals surface area contributed by atoms with Gasteiger partial charge in [-0.15, -0.1) is 0 Å². The molecule has 35 heavy (non-hydrogen) atoms. The second-order valence-electron chi connectivity index (χ2n) is 8.74. The molecule has 11 nitrogen and oxygen atoms in total. The van der Waals surface area contributed by atoms with Crippen molar-refractivity contribution in [2.45, 2.75) is 51.0 Å². The molecule has 0 aromatic heterocycles. The summed E-state index contributed by atoms with van der Waals surface area (Å²) in [5.74, 6) is 0.266. The molecule has 194 valence electrons. The summed E-state index contributed by atoms with van der Waals surface area (Å²) in [6.45, 7) is 6.21. The van der Waals surface area contributed by atoms with E-state index in [9.17, 15) is 17.9 Å². The molecular formula is C22H36BN5O6S. The van der Waals surface area contributed by atoms with Gasteiger partial charge in [0.1, 0.15) is 5.75 Å². The molecule has 1 heterocycles. The van der Waals surface area contributed by atoms with E-state index < -0.39 is 16.1 Å². The van der Waals surface area contributed by atoms with Crippen LogP contribution < -0.4 is 15.8 Å². The number of methoxy groups -OCH3 is 1. The molecule has 2 atom stereocenters. The summed E-state index contributed by atoms with van der Waals surface area (Å²) in [4.78, 5) is 19.5. The van der Waals surface area contributed by atoms with E-state index in [1.165, 1.54) is 21.3 Å². The zero-order valence-electron chi connectivity index (χ0n) is 21.3. The molecule has 0 saturated carbocycles. The topological polar surface area (TPSA) is 144 Å². The molecule has 0 spiro atoms. The summed E-state index contributed by atoms with van der Waals surface area (Å²) in [5, 5.41) is 4.06. The summed E-state index contributed by atoms with van der Waals surface area (Å²) < 4.78 is 46.5. The van der Waals surface area contributed by atoms with Crippen LogP contribution in [0.2, 0.25) is 0 Å². The third-order valence-corrected chi connectivity index (χ3v) is 7.98. The molecule has 1 saturated heterocycles. The molecule has 2 rings (SSSR count). The number of nitrogens with zero attached hydrogens (tertiary/aromatic N) is 3. The van der Waals surface area contributed by atoms with E-state index in [4.69, 9.17) is 15.3 Å². The van der Waals surface area contributed by atoms with Crippen LogP contribution in [0.15, 0.2) is 15.4 Å². The minimum absolute atomic E-state index is 0.0327. The summed E-state index contributed by atoms with van der Waals surface area (Å²) in [6.07, 6.45) is 2.06. The number of guanidine groups is 1. The van der Waals surface area contributed by atoms with Gasteiger partial charge in [-0.05, 0) is 32.4 Å². The fraction of sp³-hybridized carbons (Fsp3) is 0.636. The molecule has 0 bridgehead atoms. The average molecular weight is 509 g/mol. The zero-order valence-corrected chi connectivity index (χ0v) is 22.1. The van der Waals surface area contributed by atoms with Crippen LogP contribution in [0.25, 0.3) is 0 Å². The van der Waals surface area contributed by atoms with Gasteiger partial charge >= 0.3 is 158 Å². The fourth-order valence-corrected chi connectivity index (χ4v) is 5.89. The fourth-order valence-electron chi connectivity index (χ4n) is 4.43. The third-order valence-electron chi connectivity index (χ3n) is 6.41. The van der Waals surface area contributed by atoms with Crippen molar-refractivity contribution < 1.29 is 27.5 Å². The number of nitrogens with one attached hydrogen (secondary N) is 1. The number of nitrogens with two attached hydrogens (primary N) is 1. The van der Waals surface area contributed by atoms with E-state index in [0.29, 0.717) is 43.5 Å². The molecule has 0 aliphatic carbocycles. The quantitative estimate of drug-likeness (QED) is 0.202. The number of sulfonamides is 1. The molecule has 1 unspecified atom stereocenters. The van der Waals surface area contributed by atoms with E-state index in [1.807, 2.05) is 0 Å². The van der Waals surface area contributed by atoms with Crippen LogP contribution in [-0.4, -0.2) is 84.2 Å². The Morgan fingerprint density at radius 1 is 1.34 bits per heavy atom. The van der Waals surface area contributed by atoms with Crippen molar-refractivity contribution in [3.8, 4) is 5.75 Å². The van der Waals surface area contributed by atoms with Gasteiger partial charge in [-0.2, -0.15) is 0 Å². The second-order valence-corrected chi connectivity index (χ2v) is 10.3. The van der Waals surface area contributed by atoms with Crippen molar-refractivity contribution >= 4 is 29.0 Å². The van der Waals surface area contributed by atoms with Crippen LogP contribution in [0.5, 0.6) is 5.75 Å². The number of hydroxylamine groups is 2. The molecular weight excluding hydrogens is 473 g/mol. The van der Waals surface area contributed by atoms with Gasteiger partial charge in [0.05, 0.1) is 7.11 Å². The first kappa shape index (κ1) is 28.7. The predicted molar refractivity (Wildman–Crippen MR) is 133 cm³/mol. The Balaban J connectivity index is 2.24. The number of carbonyl (C=O) groups excluding carboxylic acids is 1. The molecule has 1 aliphatic rings. The Morgan fingerprint density at radius 3 is 2.63 bits per heavy atom. The number of rotatable bonds is 10. The number of aryl methyl sites for hydroxylation is 1. The standard InChI is InChI=1S/C22H36BN5O6S/c1-14-10-19(33-5)15(2)16(3)20(14)35(31,32)26-22(24)28-9-7-8-17(12-28)11-18(25-13-23-30)21(29)27(4)34-6/h10,17-18,25H,7-9,11-13H2,1-6H3,(H2,24,26)/t17-,18?/m0/s1. The molecule has 0 radical (unpaired) electrons. The number of likely N-dealkylation sites (N-methyl/N-ethyl adjacent to an activating group) is 1. The summed E-state index contributed by atoms with van der Waals surface area (Å²) in [7, 11) is 1.07. The molecule has 1 aliphatic heterocycles. The predicted octanol–water partition coefficient (Wildman–Crippen LogP) is 0.711. The van der Waals surface area contributed by atoms with Crippen molar-refractivity contribution in [2.75, 3.05) is 40.8 Å². The smallest absolute Gasteiger partial charge is 0.0380 e. The number of hydrogen-bond acceptors (Lipinski definition) is 7. The van der Waals surface area contributed by atoms with E-state index in [-0.39, 0.29) is 29.1 Å². The third kappa shape index (κ3) is 7.02. The number of benzene rings is 1. The molecule has 3 N–H and O–H groups in total. The number of amides is 1. The summed E-state index contributed by atoms with van der Waals surface area (Å²) in [5.41, 5.74) is 8.01. The Kier molecular flexibility index (Phi) is 10.2. The monoisotopic (exact) mass is 509 g/mol. The van der Waals surface area contributed by atoms with Gasteiger partial charge < -0.3 is 4.74 Å². The van der Waals surface area contributed by atoms with E-state index in [0.717, 1.165) is 23.5 Å². The van der Waals surface area contributed by atoms with Crippen molar-refractivity contribution in [3.05, 3.63) is 22.8 Å². The van der Waals surface area contributed by atoms with Crippen molar-refractivity contribution in [1.29, 1.82) is 0 Å². The average Bonchev–Trinajstić information content (AvgIpc) is 2.82. The van der Waals surface area contributed by atoms with Gasteiger partial charge in [0.15, 0.2) is 0 Å². The molecule has 13 heteroatoms. The first-order chi connectivity index (χ1) is 16.5. The maximum atomic E-state index is 13.2. The summed E-state index contributed by atoms with van der Waals surface area (Å²) in [6, 6.07) is 1.06. The van der Waals surface area contributed by atoms with Gasteiger partial charge in [0.2, 0.25) is 0 Å². The number of likely N-dealkylation sites (tertiary alicyclic amines) is 1. The van der Waals surface area contributed by atoms with Crippen molar-refractivity contribution in [3.63, 3.8) is 0 Å². The number of ether oxygens (including phenoxy) is 1. The Bertz CT molecular complexity index is 1060. The van der Waals surface area contributed by atoms with Gasteiger partial charge in [0.25, 0.3) is 0 Å². The Morgan fingerprint density at radius 2 is 2.03 bits per heavy atom. The first-order valence-electron chi connectivity index (χ1n) is 11.5. The van der Waals surface area contributed by atoms with Crippen LogP contribution >= 0.6 is 0 Å². The number of hydrogen-bond donors (Lipinski definition) is 2. The van der Waals surface area contributed by atoms with Gasteiger partial charge in [-0.1, -0.05) is 0 Å². The zero-order chi connectivity index (χ0) is 26.3. The Labute approximate surface area is 208 Å². The number of carbonyl (C=O) groups is 1. The normalized spacial score (nSPS) is 17.6. The molecule has 1 amide bonds. The minimum Gasteiger partial charge on any atom is -0.0380 e. The van der Waals surface area contributed by atoms with Crippen molar-refractivity contribution in [1.82, 2.24) is 15.3 Å². The van der Waals surface area contributed by atoms with Gasteiger partial charge in [-0.25, -0.2) is 0 Å². The number of piperidine rings is 1. The minimum atomic E-state index is -4.06. The molecule has 1 fully saturated rings. The summed E-state index contributed by atoms with van der Waals surface area (Å²) >= 11 is 0. The van der Waals surface area contributed by atoms with Crippen LogP contribution in [0.4, 0.5) is 0 Å². The van der Waals surface area contributed by atoms with Crippen molar-refractivity contribution in [2.24, 2.45) is 16.0 Å². The van der Waals surface area contributed by atoms with E-state index >= 15 is 0 Å².